The molecule has 0 aliphatic carbocycles. The van der Waals surface area contributed by atoms with E-state index in [1.807, 2.05) is 12.1 Å². The highest BCUT2D eigenvalue weighted by Crippen LogP contribution is 2.26. The Kier molecular flexibility index (Phi) is 4.19. The largest absolute Gasteiger partial charge is 0.496 e. The lowest BCUT2D eigenvalue weighted by molar-refractivity contribution is 0.412. The molecule has 0 aliphatic heterocycles. The second-order valence-electron chi connectivity index (χ2n) is 4.00. The van der Waals surface area contributed by atoms with Crippen LogP contribution in [0.15, 0.2) is 43.5 Å². The normalized spacial score (nSPS) is 11.4. The van der Waals surface area contributed by atoms with E-state index < -0.39 is 11.2 Å². The van der Waals surface area contributed by atoms with Crippen LogP contribution in [0.5, 0.6) is 5.75 Å². The van der Waals surface area contributed by atoms with Crippen molar-refractivity contribution in [2.45, 2.75) is 6.92 Å². The summed E-state index contributed by atoms with van der Waals surface area (Å²) in [5, 5.41) is 0. The first-order chi connectivity index (χ1) is 9.51. The highest BCUT2D eigenvalue weighted by Gasteiger charge is 2.05. The molecule has 2 N–H and O–H groups in total. The number of aromatic nitrogens is 2. The van der Waals surface area contributed by atoms with Crippen LogP contribution < -0.4 is 16.0 Å². The van der Waals surface area contributed by atoms with Crippen LogP contribution in [0.1, 0.15) is 12.5 Å². The number of hydrogen-bond donors (Lipinski definition) is 2. The van der Waals surface area contributed by atoms with Crippen LogP contribution >= 0.6 is 15.9 Å². The lowest BCUT2D eigenvalue weighted by atomic mass is 10.1. The average molecular weight is 338 g/mol. The second-order valence-corrected chi connectivity index (χ2v) is 4.86. The van der Waals surface area contributed by atoms with Crippen LogP contribution in [0.2, 0.25) is 0 Å². The fourth-order valence-electron chi connectivity index (χ4n) is 1.62. The van der Waals surface area contributed by atoms with Crippen LogP contribution in [0.25, 0.3) is 0 Å². The van der Waals surface area contributed by atoms with Crippen LogP contribution in [-0.4, -0.2) is 22.8 Å². The molecule has 2 aromatic rings. The summed E-state index contributed by atoms with van der Waals surface area (Å²) >= 11 is 3.39. The van der Waals surface area contributed by atoms with Crippen LogP contribution in [-0.2, 0) is 0 Å². The molecule has 0 atom stereocenters. The second kappa shape index (κ2) is 5.87. The van der Waals surface area contributed by atoms with E-state index in [4.69, 9.17) is 4.74 Å². The smallest absolute Gasteiger partial charge is 0.325 e. The van der Waals surface area contributed by atoms with Gasteiger partial charge in [-0.15, -0.1) is 0 Å². The fraction of sp³-hybridized carbons (Fsp3) is 0.154. The zero-order valence-electron chi connectivity index (χ0n) is 10.9. The van der Waals surface area contributed by atoms with E-state index in [2.05, 4.69) is 30.9 Å². The number of nitrogens with one attached hydrogen (secondary N) is 2. The Morgan fingerprint density at radius 3 is 2.70 bits per heavy atom. The number of methoxy groups -OCH3 is 1. The number of benzene rings is 1. The van der Waals surface area contributed by atoms with Gasteiger partial charge in [0.2, 0.25) is 0 Å². The van der Waals surface area contributed by atoms with Crippen LogP contribution in [0, 0.1) is 0 Å². The molecule has 104 valence electrons. The number of aliphatic imine (C=N–C) groups is 1. The first kappa shape index (κ1) is 14.3. The highest BCUT2D eigenvalue weighted by atomic mass is 79.9. The zero-order chi connectivity index (χ0) is 14.7. The van der Waals surface area contributed by atoms with E-state index in [9.17, 15) is 9.59 Å². The van der Waals surface area contributed by atoms with Gasteiger partial charge in [0.25, 0.3) is 5.56 Å². The number of hydrogen-bond acceptors (Lipinski definition) is 4. The standard InChI is InChI=1S/C13H12BrN3O3/c1-7(8-3-4-11(20-2)9(14)5-8)16-10-6-15-13(19)17-12(10)18/h3-6H,1-2H3,(H2,15,17,18,19). The lowest BCUT2D eigenvalue weighted by Gasteiger charge is -2.06. The van der Waals surface area contributed by atoms with Crippen molar-refractivity contribution in [1.29, 1.82) is 0 Å². The van der Waals surface area contributed by atoms with E-state index in [1.54, 1.807) is 20.1 Å². The Labute approximate surface area is 122 Å². The van der Waals surface area contributed by atoms with Gasteiger partial charge in [0.15, 0.2) is 0 Å². The molecule has 2 rings (SSSR count). The van der Waals surface area contributed by atoms with Crippen molar-refractivity contribution < 1.29 is 4.74 Å². The van der Waals surface area contributed by atoms with Gasteiger partial charge in [-0.25, -0.2) is 9.79 Å². The van der Waals surface area contributed by atoms with Crippen LogP contribution in [0.3, 0.4) is 0 Å². The Bertz CT molecular complexity index is 777. The van der Waals surface area contributed by atoms with E-state index in [0.29, 0.717) is 11.5 Å². The minimum Gasteiger partial charge on any atom is -0.496 e. The molecular formula is C13H12BrN3O3. The number of rotatable bonds is 3. The Morgan fingerprint density at radius 1 is 1.35 bits per heavy atom. The van der Waals surface area contributed by atoms with E-state index in [0.717, 1.165) is 10.0 Å². The van der Waals surface area contributed by atoms with Gasteiger partial charge in [0.1, 0.15) is 11.4 Å². The van der Waals surface area contributed by atoms with Gasteiger partial charge < -0.3 is 9.72 Å². The first-order valence-corrected chi connectivity index (χ1v) is 6.52. The third-order valence-electron chi connectivity index (χ3n) is 2.66. The minimum atomic E-state index is -0.557. The third kappa shape index (κ3) is 3.05. The van der Waals surface area contributed by atoms with Crippen molar-refractivity contribution in [2.75, 3.05) is 7.11 Å². The van der Waals surface area contributed by atoms with Crippen molar-refractivity contribution in [1.82, 2.24) is 9.97 Å². The summed E-state index contributed by atoms with van der Waals surface area (Å²) in [4.78, 5) is 31.2. The highest BCUT2D eigenvalue weighted by molar-refractivity contribution is 9.10. The van der Waals surface area contributed by atoms with E-state index in [1.165, 1.54) is 6.20 Å². The maximum atomic E-state index is 11.6. The summed E-state index contributed by atoms with van der Waals surface area (Å²) in [6.45, 7) is 1.78. The fourth-order valence-corrected chi connectivity index (χ4v) is 2.16. The van der Waals surface area contributed by atoms with Crippen molar-refractivity contribution in [3.8, 4) is 5.75 Å². The maximum Gasteiger partial charge on any atom is 0.325 e. The molecule has 0 spiro atoms. The summed E-state index contributed by atoms with van der Waals surface area (Å²) in [7, 11) is 1.58. The van der Waals surface area contributed by atoms with Crippen LogP contribution in [0.4, 0.5) is 5.69 Å². The zero-order valence-corrected chi connectivity index (χ0v) is 12.4. The minimum absolute atomic E-state index is 0.147. The molecule has 0 unspecified atom stereocenters. The van der Waals surface area contributed by atoms with E-state index in [-0.39, 0.29) is 5.69 Å². The van der Waals surface area contributed by atoms with Crippen molar-refractivity contribution in [2.24, 2.45) is 4.99 Å². The van der Waals surface area contributed by atoms with Gasteiger partial charge in [0, 0.05) is 11.9 Å². The van der Waals surface area contributed by atoms with Crippen molar-refractivity contribution in [3.05, 3.63) is 55.3 Å². The van der Waals surface area contributed by atoms with E-state index >= 15 is 0 Å². The number of nitrogens with zero attached hydrogens (tertiary/aromatic N) is 1. The average Bonchev–Trinajstić information content (AvgIpc) is 2.41. The molecule has 6 nitrogen and oxygen atoms in total. The Balaban J connectivity index is 2.42. The topological polar surface area (TPSA) is 87.3 Å². The predicted octanol–water partition coefficient (Wildman–Crippen LogP) is 1.97. The number of H-pyrrole nitrogens is 2. The van der Waals surface area contributed by atoms with Gasteiger partial charge in [-0.3, -0.25) is 9.78 Å². The van der Waals surface area contributed by atoms with Crippen molar-refractivity contribution >= 4 is 27.3 Å². The monoisotopic (exact) mass is 337 g/mol. The molecule has 0 amide bonds. The van der Waals surface area contributed by atoms with Crippen molar-refractivity contribution in [3.63, 3.8) is 0 Å². The molecule has 0 saturated carbocycles. The Hall–Kier alpha value is -2.15. The van der Waals surface area contributed by atoms with Gasteiger partial charge >= 0.3 is 5.69 Å². The molecule has 20 heavy (non-hydrogen) atoms. The molecule has 0 bridgehead atoms. The molecule has 1 heterocycles. The lowest BCUT2D eigenvalue weighted by Crippen LogP contribution is -2.20. The number of aromatic amines is 2. The molecule has 0 radical (unpaired) electrons. The van der Waals surface area contributed by atoms with Gasteiger partial charge in [-0.05, 0) is 46.6 Å². The predicted molar refractivity (Wildman–Crippen MR) is 80.2 cm³/mol. The molecule has 0 saturated heterocycles. The quantitative estimate of drug-likeness (QED) is 0.839. The third-order valence-corrected chi connectivity index (χ3v) is 3.28. The van der Waals surface area contributed by atoms with Gasteiger partial charge in [-0.2, -0.15) is 0 Å². The molecule has 1 aromatic carbocycles. The first-order valence-electron chi connectivity index (χ1n) is 5.72. The number of ether oxygens (including phenoxy) is 1. The molecule has 0 fully saturated rings. The van der Waals surface area contributed by atoms with Gasteiger partial charge in [-0.1, -0.05) is 0 Å². The SMILES string of the molecule is COc1ccc(C(C)=Nc2c[nH]c(=O)[nH]c2=O)cc1Br. The molecule has 7 heteroatoms. The number of halogens is 1. The Morgan fingerprint density at radius 2 is 2.10 bits per heavy atom. The maximum absolute atomic E-state index is 11.6. The molecule has 0 aliphatic rings. The summed E-state index contributed by atoms with van der Waals surface area (Å²) in [5.74, 6) is 0.712. The summed E-state index contributed by atoms with van der Waals surface area (Å²) in [5.41, 5.74) is 0.544. The summed E-state index contributed by atoms with van der Waals surface area (Å²) in [6, 6.07) is 5.48. The molecular weight excluding hydrogens is 326 g/mol. The van der Waals surface area contributed by atoms with Gasteiger partial charge in [0.05, 0.1) is 11.6 Å². The summed E-state index contributed by atoms with van der Waals surface area (Å²) in [6.07, 6.45) is 1.28. The summed E-state index contributed by atoms with van der Waals surface area (Å²) < 4.78 is 5.94. The molecule has 1 aromatic heterocycles.